The fraction of sp³-hybridized carbons (Fsp3) is 0.797. The number of hydrogen-bond donors (Lipinski definition) is 0. The highest BCUT2D eigenvalue weighted by Gasteiger charge is 2.22. The average molecular weight is 1160 g/mol. The molecule has 0 amide bonds. The Morgan fingerprint density at radius 2 is 0.687 bits per heavy atom. The summed E-state index contributed by atoms with van der Waals surface area (Å²) in [5.74, 6) is -2.27. The van der Waals surface area contributed by atoms with Crippen LogP contribution < -0.4 is 5.11 Å². The predicted octanol–water partition coefficient (Wildman–Crippen LogP) is 20.4. The van der Waals surface area contributed by atoms with Gasteiger partial charge in [-0.2, -0.15) is 0 Å². The van der Waals surface area contributed by atoms with E-state index in [0.29, 0.717) is 17.4 Å². The Hall–Kier alpha value is -3.27. The third kappa shape index (κ3) is 66.1. The number of carboxylic acids is 1. The molecule has 0 N–H and O–H groups in total. The number of esters is 2. The van der Waals surface area contributed by atoms with Gasteiger partial charge in [0.15, 0.2) is 12.4 Å². The number of aliphatic carboxylic acids is 1. The standard InChI is InChI=1S/C74H133NO8/c1-6-8-10-12-14-16-18-20-22-24-26-27-28-29-30-31-32-33-34-35-36-37-38-39-40-41-42-43-44-45-47-49-51-53-55-57-59-61-63-65-72(77)83-70(69-82-74(73(78)79)80-67-66-75(3,4)5)68-81-71(76)64-62-60-58-56-54-52-50-48-46-25-23-21-19-17-15-13-11-9-7-2/h8,10,14-17,20-23,26-27,70,74H,6-7,9,11-13,18-19,24-25,28-69H2,1-5H3/b10-8-,16-14-,17-15-,22-20-,23-21-,27-26-. The topological polar surface area (TPSA) is 111 Å². The Morgan fingerprint density at radius 3 is 1.02 bits per heavy atom. The minimum Gasteiger partial charge on any atom is -0.545 e. The van der Waals surface area contributed by atoms with E-state index >= 15 is 0 Å². The normalized spacial score (nSPS) is 13.1. The molecule has 0 radical (unpaired) electrons. The molecule has 0 saturated heterocycles. The molecule has 0 aliphatic rings. The van der Waals surface area contributed by atoms with Crippen LogP contribution in [-0.2, 0) is 33.3 Å². The zero-order valence-corrected chi connectivity index (χ0v) is 55.1. The Kier molecular flexibility index (Phi) is 62.2. The van der Waals surface area contributed by atoms with E-state index in [9.17, 15) is 19.5 Å². The number of carbonyl (C=O) groups is 3. The van der Waals surface area contributed by atoms with Crippen LogP contribution >= 0.6 is 0 Å². The van der Waals surface area contributed by atoms with Crippen molar-refractivity contribution in [2.45, 2.75) is 334 Å². The Labute approximate surface area is 513 Å². The van der Waals surface area contributed by atoms with E-state index in [-0.39, 0.29) is 38.6 Å². The van der Waals surface area contributed by atoms with E-state index < -0.39 is 24.3 Å². The van der Waals surface area contributed by atoms with Gasteiger partial charge in [-0.15, -0.1) is 0 Å². The number of nitrogens with zero attached hydrogens (tertiary/aromatic N) is 1. The minimum atomic E-state index is -1.62. The highest BCUT2D eigenvalue weighted by atomic mass is 16.7. The van der Waals surface area contributed by atoms with E-state index in [2.05, 4.69) is 86.8 Å². The SMILES string of the molecule is CC/C=C\C/C=C\C/C=C\C/C=C\CCCCCCCCCCCCCCCCCCCCCCCCCCCCC(=O)OC(COC(=O)CCCCCCCCCCC/C=C\C/C=C\CCCCC)COC(OCC[N+](C)(C)C)C(=O)[O-]. The molecule has 0 aliphatic carbocycles. The number of carbonyl (C=O) groups excluding carboxylic acids is 3. The summed E-state index contributed by atoms with van der Waals surface area (Å²) in [6.45, 7) is 4.65. The van der Waals surface area contributed by atoms with E-state index in [0.717, 1.165) is 64.2 Å². The lowest BCUT2D eigenvalue weighted by atomic mass is 10.0. The molecule has 0 aromatic rings. The molecule has 0 aromatic carbocycles. The van der Waals surface area contributed by atoms with Crippen molar-refractivity contribution in [1.29, 1.82) is 0 Å². The number of quaternary nitrogens is 1. The van der Waals surface area contributed by atoms with Gasteiger partial charge in [0.05, 0.1) is 40.3 Å². The van der Waals surface area contributed by atoms with Crippen LogP contribution in [0.2, 0.25) is 0 Å². The lowest BCUT2D eigenvalue weighted by molar-refractivity contribution is -0.870. The van der Waals surface area contributed by atoms with Gasteiger partial charge >= 0.3 is 11.9 Å². The number of likely N-dealkylation sites (N-methyl/N-ethyl adjacent to an activating group) is 1. The Balaban J connectivity index is 3.98. The Morgan fingerprint density at radius 1 is 0.373 bits per heavy atom. The summed E-state index contributed by atoms with van der Waals surface area (Å²) in [7, 11) is 5.93. The van der Waals surface area contributed by atoms with Gasteiger partial charge in [-0.25, -0.2) is 0 Å². The maximum Gasteiger partial charge on any atom is 0.306 e. The van der Waals surface area contributed by atoms with E-state index in [1.807, 2.05) is 21.1 Å². The van der Waals surface area contributed by atoms with Gasteiger partial charge in [0.2, 0.25) is 0 Å². The highest BCUT2D eigenvalue weighted by molar-refractivity contribution is 5.70. The van der Waals surface area contributed by atoms with Crippen LogP contribution in [0.15, 0.2) is 72.9 Å². The van der Waals surface area contributed by atoms with E-state index in [1.165, 1.54) is 225 Å². The molecule has 0 bridgehead atoms. The van der Waals surface area contributed by atoms with Crippen LogP contribution in [0.1, 0.15) is 322 Å². The first-order chi connectivity index (χ1) is 40.6. The van der Waals surface area contributed by atoms with Crippen molar-refractivity contribution in [3.05, 3.63) is 72.9 Å². The summed E-state index contributed by atoms with van der Waals surface area (Å²) in [6.07, 6.45) is 82.8. The lowest BCUT2D eigenvalue weighted by Crippen LogP contribution is -2.44. The van der Waals surface area contributed by atoms with Crippen molar-refractivity contribution >= 4 is 17.9 Å². The third-order valence-electron chi connectivity index (χ3n) is 15.4. The van der Waals surface area contributed by atoms with Crippen LogP contribution in [-0.4, -0.2) is 82.3 Å². The highest BCUT2D eigenvalue weighted by Crippen LogP contribution is 2.18. The van der Waals surface area contributed by atoms with Gasteiger partial charge in [0.1, 0.15) is 13.2 Å². The molecule has 0 aromatic heterocycles. The fourth-order valence-electron chi connectivity index (χ4n) is 10.1. The fourth-order valence-corrected chi connectivity index (χ4v) is 10.1. The first-order valence-corrected chi connectivity index (χ1v) is 35.1. The van der Waals surface area contributed by atoms with E-state index in [1.54, 1.807) is 0 Å². The van der Waals surface area contributed by atoms with Crippen molar-refractivity contribution in [3.63, 3.8) is 0 Å². The quantitative estimate of drug-likeness (QED) is 0.0195. The molecule has 0 saturated carbocycles. The summed E-state index contributed by atoms with van der Waals surface area (Å²) in [6, 6.07) is 0. The summed E-state index contributed by atoms with van der Waals surface area (Å²) < 4.78 is 22.8. The number of ether oxygens (including phenoxy) is 4. The maximum atomic E-state index is 12.9. The van der Waals surface area contributed by atoms with Crippen LogP contribution in [0.3, 0.4) is 0 Å². The molecular weight excluding hydrogens is 1030 g/mol. The number of rotatable bonds is 65. The van der Waals surface area contributed by atoms with Crippen molar-refractivity contribution in [1.82, 2.24) is 0 Å². The van der Waals surface area contributed by atoms with Gasteiger partial charge < -0.3 is 33.3 Å². The first kappa shape index (κ1) is 79.7. The molecule has 9 nitrogen and oxygen atoms in total. The van der Waals surface area contributed by atoms with Crippen LogP contribution in [0, 0.1) is 0 Å². The van der Waals surface area contributed by atoms with Crippen molar-refractivity contribution < 1.29 is 42.9 Å². The van der Waals surface area contributed by atoms with Gasteiger partial charge in [-0.1, -0.05) is 299 Å². The Bertz CT molecular complexity index is 1590. The van der Waals surface area contributed by atoms with Crippen LogP contribution in [0.5, 0.6) is 0 Å². The zero-order chi connectivity index (χ0) is 60.5. The van der Waals surface area contributed by atoms with E-state index in [4.69, 9.17) is 18.9 Å². The molecule has 9 heteroatoms. The second kappa shape index (κ2) is 64.7. The monoisotopic (exact) mass is 1160 g/mol. The van der Waals surface area contributed by atoms with Crippen molar-refractivity contribution in [3.8, 4) is 0 Å². The smallest absolute Gasteiger partial charge is 0.306 e. The number of unbranched alkanes of at least 4 members (excludes halogenated alkanes) is 38. The van der Waals surface area contributed by atoms with Gasteiger partial charge in [-0.05, 0) is 83.5 Å². The molecule has 2 unspecified atom stereocenters. The second-order valence-corrected chi connectivity index (χ2v) is 24.8. The molecule has 0 heterocycles. The van der Waals surface area contributed by atoms with Gasteiger partial charge in [0.25, 0.3) is 0 Å². The maximum absolute atomic E-state index is 12.9. The molecule has 0 aliphatic heterocycles. The molecule has 0 rings (SSSR count). The molecule has 482 valence electrons. The first-order valence-electron chi connectivity index (χ1n) is 35.1. The summed E-state index contributed by atoms with van der Waals surface area (Å²) in [5.41, 5.74) is 0. The van der Waals surface area contributed by atoms with Crippen LogP contribution in [0.25, 0.3) is 0 Å². The van der Waals surface area contributed by atoms with Crippen molar-refractivity contribution in [2.24, 2.45) is 0 Å². The van der Waals surface area contributed by atoms with Gasteiger partial charge in [-0.3, -0.25) is 9.59 Å². The average Bonchev–Trinajstić information content (AvgIpc) is 3.46. The summed E-state index contributed by atoms with van der Waals surface area (Å²) >= 11 is 0. The number of hydrogen-bond acceptors (Lipinski definition) is 8. The summed E-state index contributed by atoms with van der Waals surface area (Å²) in [4.78, 5) is 37.4. The minimum absolute atomic E-state index is 0.147. The number of allylic oxidation sites excluding steroid dienone is 12. The van der Waals surface area contributed by atoms with Crippen LogP contribution in [0.4, 0.5) is 0 Å². The lowest BCUT2D eigenvalue weighted by Gasteiger charge is -2.26. The second-order valence-electron chi connectivity index (χ2n) is 24.8. The third-order valence-corrected chi connectivity index (χ3v) is 15.4. The molecule has 0 fully saturated rings. The summed E-state index contributed by atoms with van der Waals surface area (Å²) in [5, 5.41) is 11.8. The van der Waals surface area contributed by atoms with Gasteiger partial charge in [0, 0.05) is 12.8 Å². The zero-order valence-electron chi connectivity index (χ0n) is 55.1. The van der Waals surface area contributed by atoms with Crippen molar-refractivity contribution in [2.75, 3.05) is 47.5 Å². The number of carboxylic acid groups (broad SMARTS) is 1. The molecule has 2 atom stereocenters. The predicted molar refractivity (Wildman–Crippen MR) is 352 cm³/mol. The molecule has 0 spiro atoms. The largest absolute Gasteiger partial charge is 0.545 e. The molecule has 83 heavy (non-hydrogen) atoms. The molecular formula is C74H133NO8.